The number of aliphatic hydroxyl groups is 4. The van der Waals surface area contributed by atoms with Gasteiger partial charge in [-0.25, -0.2) is 0 Å². The van der Waals surface area contributed by atoms with Crippen LogP contribution in [-0.4, -0.2) is 85.5 Å². The molecule has 0 saturated heterocycles. The van der Waals surface area contributed by atoms with Gasteiger partial charge in [0.2, 0.25) is 0 Å². The molecule has 0 saturated carbocycles. The molecular formula is C12H26O7. The third-order valence-corrected chi connectivity index (χ3v) is 2.43. The van der Waals surface area contributed by atoms with Gasteiger partial charge in [0.05, 0.1) is 51.8 Å². The zero-order chi connectivity index (χ0) is 14.3. The topological polar surface area (TPSA) is 109 Å². The highest BCUT2D eigenvalue weighted by Crippen LogP contribution is 2.07. The lowest BCUT2D eigenvalue weighted by Gasteiger charge is -2.22. The van der Waals surface area contributed by atoms with E-state index in [-0.39, 0.29) is 39.6 Å². The minimum absolute atomic E-state index is 0.0356. The summed E-state index contributed by atoms with van der Waals surface area (Å²) in [7, 11) is 0. The van der Waals surface area contributed by atoms with Crippen molar-refractivity contribution in [2.45, 2.75) is 25.0 Å². The molecule has 0 fully saturated rings. The molecule has 7 heteroatoms. The molecule has 7 nitrogen and oxygen atoms in total. The minimum atomic E-state index is -0.409. The van der Waals surface area contributed by atoms with E-state index in [1.807, 2.05) is 0 Å². The van der Waals surface area contributed by atoms with Crippen molar-refractivity contribution in [1.29, 1.82) is 0 Å². The molecule has 0 radical (unpaired) electrons. The molecule has 116 valence electrons. The van der Waals surface area contributed by atoms with Crippen molar-refractivity contribution >= 4 is 0 Å². The molecule has 0 aliphatic carbocycles. The van der Waals surface area contributed by atoms with Gasteiger partial charge >= 0.3 is 0 Å². The van der Waals surface area contributed by atoms with E-state index in [9.17, 15) is 0 Å². The Hall–Kier alpha value is -0.280. The van der Waals surface area contributed by atoms with Crippen molar-refractivity contribution in [3.8, 4) is 0 Å². The van der Waals surface area contributed by atoms with Crippen LogP contribution in [-0.2, 0) is 14.2 Å². The van der Waals surface area contributed by atoms with Gasteiger partial charge in [-0.1, -0.05) is 0 Å². The van der Waals surface area contributed by atoms with Gasteiger partial charge in [0.15, 0.2) is 0 Å². The summed E-state index contributed by atoms with van der Waals surface area (Å²) >= 11 is 0. The van der Waals surface area contributed by atoms with Gasteiger partial charge < -0.3 is 34.6 Å². The Balaban J connectivity index is 3.76. The van der Waals surface area contributed by atoms with Gasteiger partial charge in [0.1, 0.15) is 0 Å². The highest BCUT2D eigenvalue weighted by Gasteiger charge is 2.15. The van der Waals surface area contributed by atoms with Gasteiger partial charge in [0.25, 0.3) is 0 Å². The van der Waals surface area contributed by atoms with E-state index in [1.54, 1.807) is 0 Å². The molecule has 0 aromatic carbocycles. The van der Waals surface area contributed by atoms with Crippen LogP contribution in [0.3, 0.4) is 0 Å². The molecule has 0 spiro atoms. The van der Waals surface area contributed by atoms with Crippen molar-refractivity contribution in [2.75, 3.05) is 52.9 Å². The summed E-state index contributed by atoms with van der Waals surface area (Å²) in [5, 5.41) is 35.4. The predicted molar refractivity (Wildman–Crippen MR) is 67.9 cm³/mol. The number of aliphatic hydroxyl groups excluding tert-OH is 4. The zero-order valence-electron chi connectivity index (χ0n) is 11.2. The Morgan fingerprint density at radius 1 is 0.632 bits per heavy atom. The monoisotopic (exact) mass is 282 g/mol. The average Bonchev–Trinajstić information content (AvgIpc) is 2.44. The zero-order valence-corrected chi connectivity index (χ0v) is 11.2. The van der Waals surface area contributed by atoms with Gasteiger partial charge in [-0.3, -0.25) is 0 Å². The van der Waals surface area contributed by atoms with E-state index in [2.05, 4.69) is 0 Å². The molecule has 2 unspecified atom stereocenters. The molecule has 4 N–H and O–H groups in total. The summed E-state index contributed by atoms with van der Waals surface area (Å²) in [6, 6.07) is 0. The second kappa shape index (κ2) is 14.1. The van der Waals surface area contributed by atoms with E-state index in [0.29, 0.717) is 26.1 Å². The van der Waals surface area contributed by atoms with Gasteiger partial charge in [-0.15, -0.1) is 0 Å². The highest BCUT2D eigenvalue weighted by molar-refractivity contribution is 4.62. The maximum absolute atomic E-state index is 9.16. The van der Waals surface area contributed by atoms with Gasteiger partial charge in [-0.2, -0.15) is 0 Å². The molecule has 0 aliphatic rings. The molecule has 0 heterocycles. The van der Waals surface area contributed by atoms with E-state index in [0.717, 1.165) is 0 Å². The fourth-order valence-electron chi connectivity index (χ4n) is 1.44. The first-order chi connectivity index (χ1) is 9.28. The van der Waals surface area contributed by atoms with Crippen LogP contribution in [0.25, 0.3) is 0 Å². The van der Waals surface area contributed by atoms with Crippen LogP contribution < -0.4 is 0 Å². The number of ether oxygens (including phenoxy) is 3. The first kappa shape index (κ1) is 18.7. The van der Waals surface area contributed by atoms with E-state index in [1.165, 1.54) is 0 Å². The quantitative estimate of drug-likeness (QED) is 0.288. The fraction of sp³-hybridized carbons (Fsp3) is 1.00. The van der Waals surface area contributed by atoms with Gasteiger partial charge in [0, 0.05) is 13.2 Å². The third kappa shape index (κ3) is 11.3. The SMILES string of the molecule is OCCOCCC(CO)OC(CO)CCOCCO. The molecule has 0 aromatic heterocycles. The van der Waals surface area contributed by atoms with E-state index < -0.39 is 12.2 Å². The molecular weight excluding hydrogens is 256 g/mol. The van der Waals surface area contributed by atoms with Crippen LogP contribution in [0.15, 0.2) is 0 Å². The Labute approximate surface area is 113 Å². The summed E-state index contributed by atoms with van der Waals surface area (Å²) in [5.74, 6) is 0. The van der Waals surface area contributed by atoms with Crippen LogP contribution in [0.4, 0.5) is 0 Å². The first-order valence-corrected chi connectivity index (χ1v) is 6.52. The number of hydrogen-bond donors (Lipinski definition) is 4. The Morgan fingerprint density at radius 3 is 1.37 bits per heavy atom. The maximum atomic E-state index is 9.16. The van der Waals surface area contributed by atoms with Crippen LogP contribution in [0, 0.1) is 0 Å². The summed E-state index contributed by atoms with van der Waals surface area (Å²) < 4.78 is 15.7. The van der Waals surface area contributed by atoms with E-state index in [4.69, 9.17) is 34.6 Å². The van der Waals surface area contributed by atoms with Crippen molar-refractivity contribution in [3.63, 3.8) is 0 Å². The number of hydrogen-bond acceptors (Lipinski definition) is 7. The molecule has 0 amide bonds. The van der Waals surface area contributed by atoms with Crippen molar-refractivity contribution in [1.82, 2.24) is 0 Å². The average molecular weight is 282 g/mol. The number of rotatable bonds is 14. The second-order valence-electron chi connectivity index (χ2n) is 3.99. The summed E-state index contributed by atoms with van der Waals surface area (Å²) in [4.78, 5) is 0. The lowest BCUT2D eigenvalue weighted by Crippen LogP contribution is -2.30. The Morgan fingerprint density at radius 2 is 1.05 bits per heavy atom. The van der Waals surface area contributed by atoms with Crippen LogP contribution in [0.5, 0.6) is 0 Å². The Bertz CT molecular complexity index is 161. The predicted octanol–water partition coefficient (Wildman–Crippen LogP) is -1.48. The van der Waals surface area contributed by atoms with Crippen LogP contribution >= 0.6 is 0 Å². The van der Waals surface area contributed by atoms with Crippen LogP contribution in [0.1, 0.15) is 12.8 Å². The molecule has 0 aromatic rings. The molecule has 0 rings (SSSR count). The third-order valence-electron chi connectivity index (χ3n) is 2.43. The van der Waals surface area contributed by atoms with E-state index >= 15 is 0 Å². The summed E-state index contributed by atoms with van der Waals surface area (Å²) in [5.41, 5.74) is 0. The summed E-state index contributed by atoms with van der Waals surface area (Å²) in [6.07, 6.45) is 0.164. The lowest BCUT2D eigenvalue weighted by atomic mass is 10.2. The smallest absolute Gasteiger partial charge is 0.0832 e. The minimum Gasteiger partial charge on any atom is -0.394 e. The van der Waals surface area contributed by atoms with Gasteiger partial charge in [-0.05, 0) is 12.8 Å². The maximum Gasteiger partial charge on any atom is 0.0832 e. The van der Waals surface area contributed by atoms with Crippen LogP contribution in [0.2, 0.25) is 0 Å². The van der Waals surface area contributed by atoms with Crippen molar-refractivity contribution in [2.24, 2.45) is 0 Å². The largest absolute Gasteiger partial charge is 0.394 e. The second-order valence-corrected chi connectivity index (χ2v) is 3.99. The lowest BCUT2D eigenvalue weighted by molar-refractivity contribution is -0.0825. The molecule has 0 aliphatic heterocycles. The highest BCUT2D eigenvalue weighted by atomic mass is 16.5. The van der Waals surface area contributed by atoms with Crippen molar-refractivity contribution in [3.05, 3.63) is 0 Å². The standard InChI is InChI=1S/C12H26O7/c13-3-7-17-5-1-11(9-15)19-12(10-16)2-6-18-8-4-14/h11-16H,1-10H2. The first-order valence-electron chi connectivity index (χ1n) is 6.52. The normalized spacial score (nSPS) is 14.5. The Kier molecular flexibility index (Phi) is 13.9. The fourth-order valence-corrected chi connectivity index (χ4v) is 1.44. The molecule has 19 heavy (non-hydrogen) atoms. The van der Waals surface area contributed by atoms with Crippen molar-refractivity contribution < 1.29 is 34.6 Å². The molecule has 0 bridgehead atoms. The molecule has 2 atom stereocenters. The summed E-state index contributed by atoms with van der Waals surface area (Å²) in [6.45, 7) is 0.897.